The summed E-state index contributed by atoms with van der Waals surface area (Å²) in [5.74, 6) is -0.375. The molecule has 0 aromatic carbocycles. The fourth-order valence-corrected chi connectivity index (χ4v) is 2.69. The van der Waals surface area contributed by atoms with E-state index in [4.69, 9.17) is 0 Å². The fourth-order valence-electron chi connectivity index (χ4n) is 1.71. The SMILES string of the molecule is CCCC(C)(C)Nc1nc(C(=O)OC)c(C)s1. The van der Waals surface area contributed by atoms with E-state index in [2.05, 4.69) is 35.8 Å². The monoisotopic (exact) mass is 256 g/mol. The van der Waals surface area contributed by atoms with E-state index in [-0.39, 0.29) is 11.5 Å². The number of hydrogen-bond acceptors (Lipinski definition) is 5. The summed E-state index contributed by atoms with van der Waals surface area (Å²) in [6.45, 7) is 8.29. The van der Waals surface area contributed by atoms with E-state index in [0.29, 0.717) is 5.69 Å². The molecule has 0 saturated carbocycles. The molecular weight excluding hydrogens is 236 g/mol. The maximum absolute atomic E-state index is 11.4. The van der Waals surface area contributed by atoms with Crippen LogP contribution < -0.4 is 5.32 Å². The Labute approximate surface area is 106 Å². The Kier molecular flexibility index (Phi) is 4.51. The smallest absolute Gasteiger partial charge is 0.357 e. The van der Waals surface area contributed by atoms with Gasteiger partial charge in [0.2, 0.25) is 0 Å². The molecule has 0 atom stereocenters. The first-order valence-corrected chi connectivity index (χ1v) is 6.55. The van der Waals surface area contributed by atoms with Crippen LogP contribution in [0.5, 0.6) is 0 Å². The minimum atomic E-state index is -0.375. The number of aryl methyl sites for hydroxylation is 1. The molecule has 0 aliphatic rings. The number of aromatic nitrogens is 1. The standard InChI is InChI=1S/C12H20N2O2S/c1-6-7-12(3,4)14-11-13-9(8(2)17-11)10(15)16-5/h6-7H2,1-5H3,(H,13,14). The van der Waals surface area contributed by atoms with Crippen molar-refractivity contribution in [2.24, 2.45) is 0 Å². The van der Waals surface area contributed by atoms with Crippen LogP contribution in [0, 0.1) is 6.92 Å². The van der Waals surface area contributed by atoms with Crippen LogP contribution in [-0.2, 0) is 4.74 Å². The zero-order valence-electron chi connectivity index (χ0n) is 11.1. The van der Waals surface area contributed by atoms with E-state index in [9.17, 15) is 4.79 Å². The number of methoxy groups -OCH3 is 1. The third kappa shape index (κ3) is 3.70. The molecule has 5 heteroatoms. The summed E-state index contributed by atoms with van der Waals surface area (Å²) in [7, 11) is 1.37. The van der Waals surface area contributed by atoms with Crippen molar-refractivity contribution < 1.29 is 9.53 Å². The molecule has 4 nitrogen and oxygen atoms in total. The van der Waals surface area contributed by atoms with Crippen molar-refractivity contribution in [1.29, 1.82) is 0 Å². The number of carbonyl (C=O) groups excluding carboxylic acids is 1. The van der Waals surface area contributed by atoms with Crippen LogP contribution >= 0.6 is 11.3 Å². The molecule has 0 aliphatic heterocycles. The van der Waals surface area contributed by atoms with Crippen LogP contribution in [-0.4, -0.2) is 23.6 Å². The van der Waals surface area contributed by atoms with E-state index in [1.54, 1.807) is 0 Å². The summed E-state index contributed by atoms with van der Waals surface area (Å²) in [6, 6.07) is 0. The summed E-state index contributed by atoms with van der Waals surface area (Å²) >= 11 is 1.49. The van der Waals surface area contributed by atoms with Crippen molar-refractivity contribution in [3.05, 3.63) is 10.6 Å². The molecule has 96 valence electrons. The largest absolute Gasteiger partial charge is 0.464 e. The Balaban J connectivity index is 2.84. The van der Waals surface area contributed by atoms with Gasteiger partial charge in [-0.1, -0.05) is 13.3 Å². The minimum absolute atomic E-state index is 0.00751. The molecule has 0 unspecified atom stereocenters. The third-order valence-electron chi connectivity index (χ3n) is 2.50. The third-order valence-corrected chi connectivity index (χ3v) is 3.38. The molecule has 0 aliphatic carbocycles. The molecule has 0 bridgehead atoms. The van der Waals surface area contributed by atoms with Gasteiger partial charge in [-0.05, 0) is 27.2 Å². The van der Waals surface area contributed by atoms with Crippen molar-refractivity contribution in [1.82, 2.24) is 4.98 Å². The van der Waals surface area contributed by atoms with Crippen molar-refractivity contribution in [3.63, 3.8) is 0 Å². The van der Waals surface area contributed by atoms with Gasteiger partial charge in [-0.3, -0.25) is 0 Å². The zero-order valence-corrected chi connectivity index (χ0v) is 11.9. The van der Waals surface area contributed by atoms with Crippen LogP contribution in [0.3, 0.4) is 0 Å². The average Bonchev–Trinajstić information content (AvgIpc) is 2.57. The normalized spacial score (nSPS) is 11.4. The highest BCUT2D eigenvalue weighted by atomic mass is 32.1. The Morgan fingerprint density at radius 3 is 2.71 bits per heavy atom. The Morgan fingerprint density at radius 2 is 2.18 bits per heavy atom. The van der Waals surface area contributed by atoms with Crippen LogP contribution in [0.15, 0.2) is 0 Å². The molecule has 17 heavy (non-hydrogen) atoms. The number of nitrogens with zero attached hydrogens (tertiary/aromatic N) is 1. The Morgan fingerprint density at radius 1 is 1.53 bits per heavy atom. The van der Waals surface area contributed by atoms with E-state index in [0.717, 1.165) is 22.9 Å². The topological polar surface area (TPSA) is 51.2 Å². The molecule has 0 radical (unpaired) electrons. The van der Waals surface area contributed by atoms with E-state index < -0.39 is 0 Å². The Hall–Kier alpha value is -1.10. The zero-order chi connectivity index (χ0) is 13.1. The van der Waals surface area contributed by atoms with Gasteiger partial charge in [0.15, 0.2) is 10.8 Å². The van der Waals surface area contributed by atoms with Crippen LogP contribution in [0.4, 0.5) is 5.13 Å². The lowest BCUT2D eigenvalue weighted by Crippen LogP contribution is -2.30. The lowest BCUT2D eigenvalue weighted by Gasteiger charge is -2.25. The van der Waals surface area contributed by atoms with E-state index in [1.807, 2.05) is 6.92 Å². The first-order valence-electron chi connectivity index (χ1n) is 5.73. The number of rotatable bonds is 5. The number of hydrogen-bond donors (Lipinski definition) is 1. The predicted molar refractivity (Wildman–Crippen MR) is 70.8 cm³/mol. The van der Waals surface area contributed by atoms with Crippen LogP contribution in [0.1, 0.15) is 49.0 Å². The highest BCUT2D eigenvalue weighted by molar-refractivity contribution is 7.15. The second-order valence-electron chi connectivity index (χ2n) is 4.67. The highest BCUT2D eigenvalue weighted by Crippen LogP contribution is 2.26. The summed E-state index contributed by atoms with van der Waals surface area (Å²) in [5, 5.41) is 4.14. The summed E-state index contributed by atoms with van der Waals surface area (Å²) in [5.41, 5.74) is 0.402. The summed E-state index contributed by atoms with van der Waals surface area (Å²) < 4.78 is 4.69. The van der Waals surface area contributed by atoms with Gasteiger partial charge in [-0.15, -0.1) is 11.3 Å². The first-order chi connectivity index (χ1) is 7.89. The molecule has 0 amide bonds. The van der Waals surface area contributed by atoms with Gasteiger partial charge >= 0.3 is 5.97 Å². The van der Waals surface area contributed by atoms with Gasteiger partial charge in [-0.2, -0.15) is 0 Å². The van der Waals surface area contributed by atoms with Crippen molar-refractivity contribution >= 4 is 22.4 Å². The van der Waals surface area contributed by atoms with Gasteiger partial charge in [0, 0.05) is 10.4 Å². The number of nitrogens with one attached hydrogen (secondary N) is 1. The number of ether oxygens (including phenoxy) is 1. The van der Waals surface area contributed by atoms with Crippen molar-refractivity contribution in [2.45, 2.75) is 46.1 Å². The molecule has 0 fully saturated rings. The lowest BCUT2D eigenvalue weighted by molar-refractivity contribution is 0.0594. The lowest BCUT2D eigenvalue weighted by atomic mass is 10.00. The van der Waals surface area contributed by atoms with Crippen molar-refractivity contribution in [3.8, 4) is 0 Å². The van der Waals surface area contributed by atoms with Gasteiger partial charge in [-0.25, -0.2) is 9.78 Å². The summed E-state index contributed by atoms with van der Waals surface area (Å²) in [4.78, 5) is 16.6. The van der Waals surface area contributed by atoms with Gasteiger partial charge in [0.25, 0.3) is 0 Å². The minimum Gasteiger partial charge on any atom is -0.464 e. The molecule has 1 N–H and O–H groups in total. The molecule has 0 saturated heterocycles. The maximum Gasteiger partial charge on any atom is 0.357 e. The quantitative estimate of drug-likeness (QED) is 0.822. The first kappa shape index (κ1) is 14.0. The van der Waals surface area contributed by atoms with Crippen LogP contribution in [0.25, 0.3) is 0 Å². The molecular formula is C12H20N2O2S. The van der Waals surface area contributed by atoms with Crippen molar-refractivity contribution in [2.75, 3.05) is 12.4 Å². The molecule has 1 aromatic heterocycles. The number of thiazole rings is 1. The van der Waals surface area contributed by atoms with E-state index >= 15 is 0 Å². The maximum atomic E-state index is 11.4. The second kappa shape index (κ2) is 5.49. The fraction of sp³-hybridized carbons (Fsp3) is 0.667. The predicted octanol–water partition coefficient (Wildman–Crippen LogP) is 3.23. The van der Waals surface area contributed by atoms with Gasteiger partial charge in [0.05, 0.1) is 7.11 Å². The average molecular weight is 256 g/mol. The summed E-state index contributed by atoms with van der Waals surface area (Å²) in [6.07, 6.45) is 2.16. The second-order valence-corrected chi connectivity index (χ2v) is 5.88. The van der Waals surface area contributed by atoms with Crippen LogP contribution in [0.2, 0.25) is 0 Å². The van der Waals surface area contributed by atoms with Gasteiger partial charge < -0.3 is 10.1 Å². The molecule has 1 rings (SSSR count). The highest BCUT2D eigenvalue weighted by Gasteiger charge is 2.21. The molecule has 0 spiro atoms. The Bertz CT molecular complexity index is 399. The molecule has 1 aromatic rings. The molecule has 1 heterocycles. The number of anilines is 1. The number of carbonyl (C=O) groups is 1. The van der Waals surface area contributed by atoms with Gasteiger partial charge in [0.1, 0.15) is 0 Å². The van der Waals surface area contributed by atoms with E-state index in [1.165, 1.54) is 18.4 Å². The number of esters is 1.